The van der Waals surface area contributed by atoms with Crippen molar-refractivity contribution in [3.63, 3.8) is 0 Å². The Morgan fingerprint density at radius 1 is 1.19 bits per heavy atom. The highest BCUT2D eigenvalue weighted by atomic mass is 16.5. The second kappa shape index (κ2) is 7.78. The lowest BCUT2D eigenvalue weighted by molar-refractivity contribution is -0.151. The first kappa shape index (κ1) is 16.3. The molecule has 0 aromatic heterocycles. The van der Waals surface area contributed by atoms with Crippen LogP contribution < -0.4 is 5.32 Å². The van der Waals surface area contributed by atoms with Crippen molar-refractivity contribution in [1.29, 1.82) is 0 Å². The predicted molar refractivity (Wildman–Crippen MR) is 80.8 cm³/mol. The fraction of sp³-hybridized carbons (Fsp3) is 0.875. The van der Waals surface area contributed by atoms with Gasteiger partial charge in [-0.15, -0.1) is 0 Å². The number of ether oxygens (including phenoxy) is 1. The number of unbranched alkanes of at least 4 members (excludes halogenated alkanes) is 1. The maximum absolute atomic E-state index is 12.6. The number of nitrogens with one attached hydrogen (secondary N) is 1. The van der Waals surface area contributed by atoms with E-state index in [0.29, 0.717) is 19.1 Å². The maximum Gasteiger partial charge on any atom is 0.245 e. The minimum absolute atomic E-state index is 0.0316. The van der Waals surface area contributed by atoms with Gasteiger partial charge >= 0.3 is 0 Å². The van der Waals surface area contributed by atoms with Gasteiger partial charge in [-0.2, -0.15) is 0 Å². The van der Waals surface area contributed by atoms with E-state index >= 15 is 0 Å². The van der Waals surface area contributed by atoms with E-state index in [0.717, 1.165) is 45.1 Å². The Morgan fingerprint density at radius 2 is 1.95 bits per heavy atom. The lowest BCUT2D eigenvalue weighted by Crippen LogP contribution is -2.64. The van der Waals surface area contributed by atoms with Crippen LogP contribution in [0.25, 0.3) is 0 Å². The van der Waals surface area contributed by atoms with Crippen LogP contribution in [0.5, 0.6) is 0 Å². The molecular weight excluding hydrogens is 268 g/mol. The fourth-order valence-electron chi connectivity index (χ4n) is 2.92. The van der Waals surface area contributed by atoms with Gasteiger partial charge in [0, 0.05) is 13.2 Å². The van der Waals surface area contributed by atoms with Gasteiger partial charge in [0.05, 0.1) is 6.61 Å². The third-order valence-corrected chi connectivity index (χ3v) is 4.27. The Hall–Kier alpha value is -1.10. The van der Waals surface area contributed by atoms with Crippen molar-refractivity contribution in [3.8, 4) is 0 Å². The molecule has 1 aliphatic carbocycles. The molecular formula is C16H28N2O3. The van der Waals surface area contributed by atoms with Crippen LogP contribution in [-0.4, -0.2) is 48.6 Å². The Kier molecular flexibility index (Phi) is 6.03. The summed E-state index contributed by atoms with van der Waals surface area (Å²) in [6.45, 7) is 5.96. The molecule has 2 fully saturated rings. The number of hydrogen-bond donors (Lipinski definition) is 1. The van der Waals surface area contributed by atoms with Crippen LogP contribution in [0.3, 0.4) is 0 Å². The molecule has 120 valence electrons. The van der Waals surface area contributed by atoms with Gasteiger partial charge in [0.15, 0.2) is 0 Å². The molecule has 2 amide bonds. The van der Waals surface area contributed by atoms with Crippen molar-refractivity contribution in [2.75, 3.05) is 19.8 Å². The van der Waals surface area contributed by atoms with E-state index in [4.69, 9.17) is 4.74 Å². The molecule has 0 spiro atoms. The lowest BCUT2D eigenvalue weighted by atomic mass is 10.0. The van der Waals surface area contributed by atoms with E-state index in [1.165, 1.54) is 0 Å². The van der Waals surface area contributed by atoms with Gasteiger partial charge in [-0.05, 0) is 31.6 Å². The third kappa shape index (κ3) is 4.19. The summed E-state index contributed by atoms with van der Waals surface area (Å²) >= 11 is 0. The molecule has 0 radical (unpaired) electrons. The lowest BCUT2D eigenvalue weighted by Gasteiger charge is -2.39. The molecule has 2 unspecified atom stereocenters. The van der Waals surface area contributed by atoms with Gasteiger partial charge in [0.2, 0.25) is 11.8 Å². The van der Waals surface area contributed by atoms with Gasteiger partial charge in [-0.1, -0.05) is 26.7 Å². The standard InChI is InChI=1S/C16H28N2O3/c1-3-5-10-21-11-9-18-14(12-7-8-12)15(19)17-13(6-4-2)16(18)20/h12-14H,3-11H2,1-2H3,(H,17,19). The third-order valence-electron chi connectivity index (χ3n) is 4.27. The molecule has 1 saturated carbocycles. The number of nitrogens with zero attached hydrogens (tertiary/aromatic N) is 1. The van der Waals surface area contributed by atoms with Crippen molar-refractivity contribution in [3.05, 3.63) is 0 Å². The fourth-order valence-corrected chi connectivity index (χ4v) is 2.92. The van der Waals surface area contributed by atoms with Crippen LogP contribution >= 0.6 is 0 Å². The SMILES string of the molecule is CCCCOCCN1C(=O)C(CCC)NC(=O)C1C1CC1. The molecule has 1 heterocycles. The highest BCUT2D eigenvalue weighted by Crippen LogP contribution is 2.37. The zero-order valence-electron chi connectivity index (χ0n) is 13.3. The summed E-state index contributed by atoms with van der Waals surface area (Å²) in [6, 6.07) is -0.603. The highest BCUT2D eigenvalue weighted by molar-refractivity contribution is 5.97. The van der Waals surface area contributed by atoms with E-state index in [1.807, 2.05) is 6.92 Å². The van der Waals surface area contributed by atoms with Crippen LogP contribution in [0.1, 0.15) is 52.4 Å². The largest absolute Gasteiger partial charge is 0.380 e. The Labute approximate surface area is 127 Å². The summed E-state index contributed by atoms with van der Waals surface area (Å²) in [5.41, 5.74) is 0. The van der Waals surface area contributed by atoms with E-state index in [1.54, 1.807) is 4.90 Å². The first-order valence-corrected chi connectivity index (χ1v) is 8.37. The molecule has 2 atom stereocenters. The van der Waals surface area contributed by atoms with Crippen LogP contribution in [0.4, 0.5) is 0 Å². The number of carbonyl (C=O) groups excluding carboxylic acids is 2. The Balaban J connectivity index is 1.93. The van der Waals surface area contributed by atoms with Crippen molar-refractivity contribution < 1.29 is 14.3 Å². The normalized spacial score (nSPS) is 26.1. The Morgan fingerprint density at radius 3 is 2.57 bits per heavy atom. The summed E-state index contributed by atoms with van der Waals surface area (Å²) in [6.07, 6.45) is 5.86. The molecule has 21 heavy (non-hydrogen) atoms. The molecule has 2 aliphatic rings. The molecule has 5 nitrogen and oxygen atoms in total. The number of amides is 2. The monoisotopic (exact) mass is 296 g/mol. The van der Waals surface area contributed by atoms with Crippen LogP contribution in [0.15, 0.2) is 0 Å². The molecule has 5 heteroatoms. The molecule has 0 aromatic carbocycles. The van der Waals surface area contributed by atoms with Crippen molar-refractivity contribution >= 4 is 11.8 Å². The minimum atomic E-state index is -0.340. The van der Waals surface area contributed by atoms with E-state index in [9.17, 15) is 9.59 Å². The molecule has 1 saturated heterocycles. The average Bonchev–Trinajstić information content (AvgIpc) is 3.28. The average molecular weight is 296 g/mol. The predicted octanol–water partition coefficient (Wildman–Crippen LogP) is 1.71. The van der Waals surface area contributed by atoms with Crippen molar-refractivity contribution in [2.45, 2.75) is 64.5 Å². The quantitative estimate of drug-likeness (QED) is 0.659. The van der Waals surface area contributed by atoms with Gasteiger partial charge in [-0.3, -0.25) is 9.59 Å². The van der Waals surface area contributed by atoms with Gasteiger partial charge in [0.1, 0.15) is 12.1 Å². The van der Waals surface area contributed by atoms with Crippen LogP contribution in [0, 0.1) is 5.92 Å². The molecule has 2 rings (SSSR count). The van der Waals surface area contributed by atoms with Gasteiger partial charge in [0.25, 0.3) is 0 Å². The minimum Gasteiger partial charge on any atom is -0.380 e. The number of piperazine rings is 1. The number of hydrogen-bond acceptors (Lipinski definition) is 3. The summed E-state index contributed by atoms with van der Waals surface area (Å²) in [5.74, 6) is 0.462. The maximum atomic E-state index is 12.6. The molecule has 0 bridgehead atoms. The van der Waals surface area contributed by atoms with E-state index in [2.05, 4.69) is 12.2 Å². The second-order valence-electron chi connectivity index (χ2n) is 6.13. The summed E-state index contributed by atoms with van der Waals surface area (Å²) < 4.78 is 5.58. The van der Waals surface area contributed by atoms with Crippen molar-refractivity contribution in [1.82, 2.24) is 10.2 Å². The first-order chi connectivity index (χ1) is 10.2. The van der Waals surface area contributed by atoms with E-state index in [-0.39, 0.29) is 23.9 Å². The zero-order chi connectivity index (χ0) is 15.2. The smallest absolute Gasteiger partial charge is 0.245 e. The number of rotatable bonds is 9. The van der Waals surface area contributed by atoms with Crippen LogP contribution in [-0.2, 0) is 14.3 Å². The summed E-state index contributed by atoms with van der Waals surface area (Å²) in [7, 11) is 0. The van der Waals surface area contributed by atoms with Gasteiger partial charge in [-0.25, -0.2) is 0 Å². The highest BCUT2D eigenvalue weighted by Gasteiger charge is 2.47. The number of carbonyl (C=O) groups is 2. The van der Waals surface area contributed by atoms with Gasteiger partial charge < -0.3 is 15.0 Å². The van der Waals surface area contributed by atoms with Crippen LogP contribution in [0.2, 0.25) is 0 Å². The zero-order valence-corrected chi connectivity index (χ0v) is 13.3. The topological polar surface area (TPSA) is 58.6 Å². The molecule has 0 aromatic rings. The first-order valence-electron chi connectivity index (χ1n) is 8.37. The molecule has 1 N–H and O–H groups in total. The van der Waals surface area contributed by atoms with E-state index < -0.39 is 0 Å². The summed E-state index contributed by atoms with van der Waals surface area (Å²) in [4.78, 5) is 26.7. The molecule has 1 aliphatic heterocycles. The summed E-state index contributed by atoms with van der Waals surface area (Å²) in [5, 5.41) is 2.91. The Bertz CT molecular complexity index is 369. The second-order valence-corrected chi connectivity index (χ2v) is 6.13. The van der Waals surface area contributed by atoms with Crippen molar-refractivity contribution in [2.24, 2.45) is 5.92 Å².